The Kier molecular flexibility index (Phi) is 3.66. The third kappa shape index (κ3) is 2.83. The van der Waals surface area contributed by atoms with E-state index >= 15 is 0 Å². The summed E-state index contributed by atoms with van der Waals surface area (Å²) in [5.74, 6) is 0.493. The van der Waals surface area contributed by atoms with Gasteiger partial charge in [-0.25, -0.2) is 4.98 Å². The first kappa shape index (κ1) is 14.7. The number of nitrogens with one attached hydrogen (secondary N) is 1. The van der Waals surface area contributed by atoms with E-state index < -0.39 is 0 Å². The molecule has 4 heterocycles. The van der Waals surface area contributed by atoms with Gasteiger partial charge in [-0.15, -0.1) is 0 Å². The first-order chi connectivity index (χ1) is 11.7. The second-order valence-electron chi connectivity index (χ2n) is 5.77. The van der Waals surface area contributed by atoms with Gasteiger partial charge in [0.1, 0.15) is 6.10 Å². The molecule has 0 radical (unpaired) electrons. The summed E-state index contributed by atoms with van der Waals surface area (Å²) in [5.41, 5.74) is 1.50. The maximum Gasteiger partial charge on any atom is 0.253 e. The van der Waals surface area contributed by atoms with Crippen molar-refractivity contribution in [2.24, 2.45) is 7.05 Å². The lowest BCUT2D eigenvalue weighted by atomic mass is 10.2. The molecular weight excluding hydrogens is 310 g/mol. The van der Waals surface area contributed by atoms with Crippen LogP contribution in [-0.4, -0.2) is 50.4 Å². The number of amides is 1. The monoisotopic (exact) mass is 327 g/mol. The smallest absolute Gasteiger partial charge is 0.253 e. The molecule has 0 aliphatic carbocycles. The maximum absolute atomic E-state index is 12.5. The zero-order chi connectivity index (χ0) is 16.5. The lowest BCUT2D eigenvalue weighted by Crippen LogP contribution is -2.45. The Labute approximate surface area is 138 Å². The van der Waals surface area contributed by atoms with Gasteiger partial charge in [-0.2, -0.15) is 5.10 Å². The van der Waals surface area contributed by atoms with Gasteiger partial charge in [-0.3, -0.25) is 9.48 Å². The molecule has 8 heteroatoms. The molecule has 0 spiro atoms. The van der Waals surface area contributed by atoms with E-state index in [1.54, 1.807) is 41.9 Å². The van der Waals surface area contributed by atoms with Crippen LogP contribution in [0.1, 0.15) is 10.4 Å². The Hall–Kier alpha value is -2.87. The number of carbonyl (C=O) groups is 1. The number of hydrogen-bond acceptors (Lipinski definition) is 5. The number of carbonyl (C=O) groups excluding carboxylic acids is 1. The van der Waals surface area contributed by atoms with Crippen molar-refractivity contribution in [2.45, 2.75) is 12.1 Å². The quantitative estimate of drug-likeness (QED) is 0.760. The standard InChI is InChI=1S/C16H17N5O3/c1-20-7-13(5-18-20)24-15-9-23-8-14(15)19-16(22)11-2-3-12-4-17-10-21(12)6-11/h2-7,10,14-15H,8-9H2,1H3,(H,19,22)/t14-,15+/m0/s1. The van der Waals surface area contributed by atoms with Gasteiger partial charge < -0.3 is 19.2 Å². The van der Waals surface area contributed by atoms with Gasteiger partial charge in [0.25, 0.3) is 5.91 Å². The predicted molar refractivity (Wildman–Crippen MR) is 84.9 cm³/mol. The maximum atomic E-state index is 12.5. The van der Waals surface area contributed by atoms with Crippen LogP contribution in [0.15, 0.2) is 43.2 Å². The Morgan fingerprint density at radius 1 is 1.33 bits per heavy atom. The molecule has 124 valence electrons. The molecule has 0 aromatic carbocycles. The van der Waals surface area contributed by atoms with Crippen LogP contribution >= 0.6 is 0 Å². The van der Waals surface area contributed by atoms with Crippen LogP contribution in [0.5, 0.6) is 5.75 Å². The van der Waals surface area contributed by atoms with E-state index in [-0.39, 0.29) is 18.1 Å². The highest BCUT2D eigenvalue weighted by Crippen LogP contribution is 2.17. The first-order valence-corrected chi connectivity index (χ1v) is 7.65. The van der Waals surface area contributed by atoms with Crippen LogP contribution in [0, 0.1) is 0 Å². The van der Waals surface area contributed by atoms with E-state index in [2.05, 4.69) is 15.4 Å². The Bertz CT molecular complexity index is 871. The van der Waals surface area contributed by atoms with Gasteiger partial charge in [-0.05, 0) is 12.1 Å². The number of aryl methyl sites for hydroxylation is 1. The number of rotatable bonds is 4. The molecule has 0 bridgehead atoms. The highest BCUT2D eigenvalue weighted by molar-refractivity contribution is 5.94. The Balaban J connectivity index is 1.45. The van der Waals surface area contributed by atoms with E-state index in [0.717, 1.165) is 5.52 Å². The van der Waals surface area contributed by atoms with Crippen LogP contribution in [0.4, 0.5) is 0 Å². The predicted octanol–water partition coefficient (Wildman–Crippen LogP) is 0.644. The zero-order valence-electron chi connectivity index (χ0n) is 13.1. The summed E-state index contributed by atoms with van der Waals surface area (Å²) >= 11 is 0. The van der Waals surface area contributed by atoms with Crippen LogP contribution in [0.25, 0.3) is 5.52 Å². The summed E-state index contributed by atoms with van der Waals surface area (Å²) in [6, 6.07) is 3.42. The van der Waals surface area contributed by atoms with Crippen molar-refractivity contribution in [1.29, 1.82) is 0 Å². The molecule has 4 rings (SSSR count). The van der Waals surface area contributed by atoms with Gasteiger partial charge >= 0.3 is 0 Å². The first-order valence-electron chi connectivity index (χ1n) is 7.65. The number of nitrogens with zero attached hydrogens (tertiary/aromatic N) is 4. The van der Waals surface area contributed by atoms with Gasteiger partial charge in [-0.1, -0.05) is 0 Å². The van der Waals surface area contributed by atoms with Crippen LogP contribution < -0.4 is 10.1 Å². The fraction of sp³-hybridized carbons (Fsp3) is 0.312. The van der Waals surface area contributed by atoms with Crippen molar-refractivity contribution in [2.75, 3.05) is 13.2 Å². The number of imidazole rings is 1. The van der Waals surface area contributed by atoms with Crippen LogP contribution in [0.3, 0.4) is 0 Å². The molecule has 3 aromatic rings. The van der Waals surface area contributed by atoms with Crippen molar-refractivity contribution in [3.05, 3.63) is 48.8 Å². The third-order valence-electron chi connectivity index (χ3n) is 3.98. The van der Waals surface area contributed by atoms with E-state index in [9.17, 15) is 4.79 Å². The molecular formula is C16H17N5O3. The molecule has 2 atom stereocenters. The summed E-state index contributed by atoms with van der Waals surface area (Å²) in [4.78, 5) is 16.5. The molecule has 1 amide bonds. The number of hydrogen-bond donors (Lipinski definition) is 1. The number of pyridine rings is 1. The summed E-state index contributed by atoms with van der Waals surface area (Å²) in [5, 5.41) is 7.05. The molecule has 1 fully saturated rings. The topological polar surface area (TPSA) is 82.7 Å². The molecule has 1 saturated heterocycles. The van der Waals surface area contributed by atoms with Gasteiger partial charge in [0.15, 0.2) is 5.75 Å². The summed E-state index contributed by atoms with van der Waals surface area (Å²) in [6.07, 6.45) is 8.34. The molecule has 1 N–H and O–H groups in total. The third-order valence-corrected chi connectivity index (χ3v) is 3.98. The van der Waals surface area contributed by atoms with Crippen LogP contribution in [-0.2, 0) is 11.8 Å². The number of ether oxygens (including phenoxy) is 2. The number of aromatic nitrogens is 4. The lowest BCUT2D eigenvalue weighted by Gasteiger charge is -2.19. The second kappa shape index (κ2) is 5.97. The highest BCUT2D eigenvalue weighted by atomic mass is 16.5. The van der Waals surface area contributed by atoms with E-state index in [0.29, 0.717) is 24.5 Å². The van der Waals surface area contributed by atoms with E-state index in [1.807, 2.05) is 17.5 Å². The highest BCUT2D eigenvalue weighted by Gasteiger charge is 2.32. The normalized spacial score (nSPS) is 20.4. The van der Waals surface area contributed by atoms with Crippen molar-refractivity contribution in [3.63, 3.8) is 0 Å². The average Bonchev–Trinajstić information content (AvgIpc) is 3.29. The minimum absolute atomic E-state index is 0.166. The summed E-state index contributed by atoms with van der Waals surface area (Å²) < 4.78 is 14.8. The molecule has 1 aliphatic heterocycles. The van der Waals surface area contributed by atoms with Crippen molar-refractivity contribution >= 4 is 11.4 Å². The van der Waals surface area contributed by atoms with Crippen molar-refractivity contribution in [1.82, 2.24) is 24.5 Å². The SMILES string of the molecule is Cn1cc(O[C@@H]2COC[C@@H]2NC(=O)c2ccc3cncn3c2)cn1. The zero-order valence-corrected chi connectivity index (χ0v) is 13.1. The molecule has 24 heavy (non-hydrogen) atoms. The van der Waals surface area contributed by atoms with Crippen LogP contribution in [0.2, 0.25) is 0 Å². The summed E-state index contributed by atoms with van der Waals surface area (Å²) in [6.45, 7) is 0.852. The van der Waals surface area contributed by atoms with E-state index in [1.165, 1.54) is 0 Å². The van der Waals surface area contributed by atoms with Gasteiger partial charge in [0.05, 0.1) is 55.3 Å². The fourth-order valence-corrected chi connectivity index (χ4v) is 2.73. The van der Waals surface area contributed by atoms with Gasteiger partial charge in [0, 0.05) is 13.2 Å². The Morgan fingerprint density at radius 2 is 2.25 bits per heavy atom. The molecule has 1 aliphatic rings. The van der Waals surface area contributed by atoms with E-state index in [4.69, 9.17) is 9.47 Å². The van der Waals surface area contributed by atoms with Gasteiger partial charge in [0.2, 0.25) is 0 Å². The number of fused-ring (bicyclic) bond motifs is 1. The molecule has 8 nitrogen and oxygen atoms in total. The second-order valence-corrected chi connectivity index (χ2v) is 5.77. The Morgan fingerprint density at radius 3 is 3.08 bits per heavy atom. The lowest BCUT2D eigenvalue weighted by molar-refractivity contribution is 0.0903. The minimum Gasteiger partial charge on any atom is -0.482 e. The fourth-order valence-electron chi connectivity index (χ4n) is 2.73. The summed E-state index contributed by atoms with van der Waals surface area (Å²) in [7, 11) is 1.82. The molecule has 0 saturated carbocycles. The molecule has 3 aromatic heterocycles. The minimum atomic E-state index is -0.241. The largest absolute Gasteiger partial charge is 0.482 e. The molecule has 0 unspecified atom stereocenters. The average molecular weight is 327 g/mol. The van der Waals surface area contributed by atoms with Crippen molar-refractivity contribution < 1.29 is 14.3 Å². The van der Waals surface area contributed by atoms with Crippen molar-refractivity contribution in [3.8, 4) is 5.75 Å².